The first-order chi connectivity index (χ1) is 9.10. The van der Waals surface area contributed by atoms with Gasteiger partial charge in [-0.15, -0.1) is 12.4 Å². The molecule has 0 bridgehead atoms. The second-order valence-corrected chi connectivity index (χ2v) is 6.72. The van der Waals surface area contributed by atoms with Gasteiger partial charge in [0.05, 0.1) is 0 Å². The van der Waals surface area contributed by atoms with Gasteiger partial charge in [-0.1, -0.05) is 70.4 Å². The van der Waals surface area contributed by atoms with Gasteiger partial charge in [0.25, 0.3) is 0 Å². The SMILES string of the molecule is CCC(C)(C)C1(NCc2ccccc2)CCCCC1.Cl. The van der Waals surface area contributed by atoms with E-state index in [0.29, 0.717) is 11.0 Å². The zero-order chi connectivity index (χ0) is 13.8. The van der Waals surface area contributed by atoms with E-state index in [-0.39, 0.29) is 12.4 Å². The van der Waals surface area contributed by atoms with E-state index in [4.69, 9.17) is 0 Å². The van der Waals surface area contributed by atoms with Crippen molar-refractivity contribution in [2.75, 3.05) is 0 Å². The van der Waals surface area contributed by atoms with Crippen LogP contribution in [0.5, 0.6) is 0 Å². The maximum absolute atomic E-state index is 3.94. The van der Waals surface area contributed by atoms with Crippen molar-refractivity contribution < 1.29 is 0 Å². The average molecular weight is 296 g/mol. The molecule has 0 atom stereocenters. The first kappa shape index (κ1) is 17.5. The summed E-state index contributed by atoms with van der Waals surface area (Å²) in [5, 5.41) is 3.94. The predicted molar refractivity (Wildman–Crippen MR) is 90.4 cm³/mol. The molecule has 1 saturated carbocycles. The van der Waals surface area contributed by atoms with Gasteiger partial charge in [-0.3, -0.25) is 0 Å². The van der Waals surface area contributed by atoms with E-state index in [1.54, 1.807) is 0 Å². The minimum absolute atomic E-state index is 0. The lowest BCUT2D eigenvalue weighted by atomic mass is 9.63. The third kappa shape index (κ3) is 3.77. The summed E-state index contributed by atoms with van der Waals surface area (Å²) in [6.07, 6.45) is 8.08. The Bertz CT molecular complexity index is 380. The fraction of sp³-hybridized carbons (Fsp3) is 0.667. The Kier molecular flexibility index (Phi) is 6.54. The number of halogens is 1. The minimum Gasteiger partial charge on any atom is -0.307 e. The molecule has 1 aliphatic carbocycles. The van der Waals surface area contributed by atoms with Crippen LogP contribution in [0.25, 0.3) is 0 Å². The molecule has 0 unspecified atom stereocenters. The number of rotatable bonds is 5. The van der Waals surface area contributed by atoms with Crippen LogP contribution in [-0.4, -0.2) is 5.54 Å². The third-order valence-electron chi connectivity index (χ3n) is 5.36. The van der Waals surface area contributed by atoms with Gasteiger partial charge in [-0.05, 0) is 30.2 Å². The van der Waals surface area contributed by atoms with Crippen molar-refractivity contribution in [1.82, 2.24) is 5.32 Å². The molecule has 1 aliphatic rings. The van der Waals surface area contributed by atoms with E-state index in [2.05, 4.69) is 56.4 Å². The Hall–Kier alpha value is -0.530. The predicted octanol–water partition coefficient (Wildman–Crippen LogP) is 5.34. The molecule has 0 saturated heterocycles. The second-order valence-electron chi connectivity index (χ2n) is 6.72. The number of nitrogens with one attached hydrogen (secondary N) is 1. The molecule has 2 heteroatoms. The molecule has 0 radical (unpaired) electrons. The zero-order valence-electron chi connectivity index (χ0n) is 13.2. The molecule has 1 aromatic rings. The lowest BCUT2D eigenvalue weighted by molar-refractivity contribution is 0.0678. The number of benzene rings is 1. The molecule has 0 aliphatic heterocycles. The van der Waals surface area contributed by atoms with Gasteiger partial charge < -0.3 is 5.32 Å². The quantitative estimate of drug-likeness (QED) is 0.773. The topological polar surface area (TPSA) is 12.0 Å². The highest BCUT2D eigenvalue weighted by atomic mass is 35.5. The maximum Gasteiger partial charge on any atom is 0.0235 e. The summed E-state index contributed by atoms with van der Waals surface area (Å²) in [5.41, 5.74) is 2.11. The van der Waals surface area contributed by atoms with Crippen LogP contribution >= 0.6 is 12.4 Å². The van der Waals surface area contributed by atoms with Crippen LogP contribution < -0.4 is 5.32 Å². The summed E-state index contributed by atoms with van der Waals surface area (Å²) in [7, 11) is 0. The summed E-state index contributed by atoms with van der Waals surface area (Å²) >= 11 is 0. The first-order valence-electron chi connectivity index (χ1n) is 7.89. The smallest absolute Gasteiger partial charge is 0.0235 e. The van der Waals surface area contributed by atoms with Crippen LogP contribution in [0.4, 0.5) is 0 Å². The highest BCUT2D eigenvalue weighted by Gasteiger charge is 2.43. The van der Waals surface area contributed by atoms with Crippen molar-refractivity contribution in [3.05, 3.63) is 35.9 Å². The molecule has 114 valence electrons. The van der Waals surface area contributed by atoms with E-state index < -0.39 is 0 Å². The Morgan fingerprint density at radius 2 is 1.65 bits per heavy atom. The van der Waals surface area contributed by atoms with Gasteiger partial charge >= 0.3 is 0 Å². The molecule has 1 nitrogen and oxygen atoms in total. The van der Waals surface area contributed by atoms with E-state index in [9.17, 15) is 0 Å². The van der Waals surface area contributed by atoms with Crippen LogP contribution in [0.3, 0.4) is 0 Å². The highest BCUT2D eigenvalue weighted by molar-refractivity contribution is 5.85. The maximum atomic E-state index is 3.94. The standard InChI is InChI=1S/C18H29N.ClH/c1-4-17(2,3)18(13-9-6-10-14-18)19-15-16-11-7-5-8-12-16;/h5,7-8,11-12,19H,4,6,9-10,13-15H2,1-3H3;1H. The van der Waals surface area contributed by atoms with Gasteiger partial charge in [0.1, 0.15) is 0 Å². The molecule has 0 heterocycles. The Morgan fingerprint density at radius 1 is 1.05 bits per heavy atom. The van der Waals surface area contributed by atoms with Crippen LogP contribution in [0.1, 0.15) is 64.9 Å². The molecule has 2 rings (SSSR count). The fourth-order valence-electron chi connectivity index (χ4n) is 3.45. The van der Waals surface area contributed by atoms with Gasteiger partial charge in [-0.25, -0.2) is 0 Å². The van der Waals surface area contributed by atoms with E-state index in [1.165, 1.54) is 44.1 Å². The molecular formula is C18H30ClN. The Balaban J connectivity index is 0.00000200. The average Bonchev–Trinajstić information content (AvgIpc) is 2.47. The van der Waals surface area contributed by atoms with Gasteiger partial charge in [0.15, 0.2) is 0 Å². The molecule has 0 spiro atoms. The van der Waals surface area contributed by atoms with Crippen molar-refractivity contribution in [2.45, 2.75) is 71.4 Å². The molecule has 1 N–H and O–H groups in total. The Morgan fingerprint density at radius 3 is 2.20 bits per heavy atom. The summed E-state index contributed by atoms with van der Waals surface area (Å²) in [5.74, 6) is 0. The van der Waals surface area contributed by atoms with Crippen molar-refractivity contribution in [3.63, 3.8) is 0 Å². The van der Waals surface area contributed by atoms with E-state index >= 15 is 0 Å². The lowest BCUT2D eigenvalue weighted by Gasteiger charge is -2.50. The van der Waals surface area contributed by atoms with Gasteiger partial charge in [-0.2, -0.15) is 0 Å². The molecule has 0 amide bonds. The molecular weight excluding hydrogens is 266 g/mol. The van der Waals surface area contributed by atoms with Crippen molar-refractivity contribution in [1.29, 1.82) is 0 Å². The molecule has 1 aromatic carbocycles. The van der Waals surface area contributed by atoms with Crippen LogP contribution in [0.15, 0.2) is 30.3 Å². The zero-order valence-corrected chi connectivity index (χ0v) is 14.1. The fourth-order valence-corrected chi connectivity index (χ4v) is 3.45. The number of hydrogen-bond donors (Lipinski definition) is 1. The lowest BCUT2D eigenvalue weighted by Crippen LogP contribution is -2.56. The number of hydrogen-bond acceptors (Lipinski definition) is 1. The first-order valence-corrected chi connectivity index (χ1v) is 7.89. The monoisotopic (exact) mass is 295 g/mol. The Labute approximate surface area is 131 Å². The highest BCUT2D eigenvalue weighted by Crippen LogP contribution is 2.44. The van der Waals surface area contributed by atoms with Crippen molar-refractivity contribution in [2.24, 2.45) is 5.41 Å². The summed E-state index contributed by atoms with van der Waals surface area (Å²) in [4.78, 5) is 0. The van der Waals surface area contributed by atoms with Crippen molar-refractivity contribution >= 4 is 12.4 Å². The van der Waals surface area contributed by atoms with Crippen LogP contribution in [0.2, 0.25) is 0 Å². The molecule has 20 heavy (non-hydrogen) atoms. The summed E-state index contributed by atoms with van der Waals surface area (Å²) in [6.45, 7) is 8.22. The summed E-state index contributed by atoms with van der Waals surface area (Å²) in [6, 6.07) is 10.8. The second kappa shape index (κ2) is 7.47. The van der Waals surface area contributed by atoms with Gasteiger partial charge in [0, 0.05) is 12.1 Å². The van der Waals surface area contributed by atoms with Gasteiger partial charge in [0.2, 0.25) is 0 Å². The van der Waals surface area contributed by atoms with E-state index in [1.807, 2.05) is 0 Å². The van der Waals surface area contributed by atoms with Crippen molar-refractivity contribution in [3.8, 4) is 0 Å². The molecule has 1 fully saturated rings. The minimum atomic E-state index is 0. The van der Waals surface area contributed by atoms with Crippen LogP contribution in [0, 0.1) is 5.41 Å². The van der Waals surface area contributed by atoms with E-state index in [0.717, 1.165) is 6.54 Å². The summed E-state index contributed by atoms with van der Waals surface area (Å²) < 4.78 is 0. The normalized spacial score (nSPS) is 18.4. The largest absolute Gasteiger partial charge is 0.307 e. The van der Waals surface area contributed by atoms with Crippen LogP contribution in [-0.2, 0) is 6.54 Å². The molecule has 0 aromatic heterocycles. The third-order valence-corrected chi connectivity index (χ3v) is 5.36.